The fourth-order valence-corrected chi connectivity index (χ4v) is 2.07. The third-order valence-electron chi connectivity index (χ3n) is 2.86. The summed E-state index contributed by atoms with van der Waals surface area (Å²) in [7, 11) is 0. The van der Waals surface area contributed by atoms with E-state index >= 15 is 0 Å². The molecule has 4 nitrogen and oxygen atoms in total. The summed E-state index contributed by atoms with van der Waals surface area (Å²) in [5.74, 6) is 2.42. The molecule has 0 bridgehead atoms. The van der Waals surface area contributed by atoms with Gasteiger partial charge in [-0.1, -0.05) is 32.0 Å². The van der Waals surface area contributed by atoms with Crippen LogP contribution >= 0.6 is 0 Å². The quantitative estimate of drug-likeness (QED) is 0.786. The Hall–Kier alpha value is -1.97. The number of para-hydroxylation sites is 1. The van der Waals surface area contributed by atoms with Crippen molar-refractivity contribution < 1.29 is 4.74 Å². The number of nitrogens with one attached hydrogen (secondary N) is 1. The molecule has 108 valence electrons. The smallest absolute Gasteiger partial charge is 0.203 e. The molecular formula is C16H23N3O. The molecule has 1 aromatic carbocycles. The molecule has 0 spiro atoms. The summed E-state index contributed by atoms with van der Waals surface area (Å²) in [6.45, 7) is 8.77. The van der Waals surface area contributed by atoms with E-state index < -0.39 is 0 Å². The maximum atomic E-state index is 5.66. The maximum absolute atomic E-state index is 5.66. The van der Waals surface area contributed by atoms with Crippen molar-refractivity contribution in [3.63, 3.8) is 0 Å². The van der Waals surface area contributed by atoms with Crippen LogP contribution in [-0.2, 0) is 6.54 Å². The summed E-state index contributed by atoms with van der Waals surface area (Å²) in [5.41, 5.74) is 1.04. The molecule has 0 saturated heterocycles. The zero-order chi connectivity index (χ0) is 14.4. The summed E-state index contributed by atoms with van der Waals surface area (Å²) in [6, 6.07) is 9.85. The average molecular weight is 273 g/mol. The molecule has 0 aliphatic rings. The van der Waals surface area contributed by atoms with Gasteiger partial charge in [0.05, 0.1) is 12.2 Å². The van der Waals surface area contributed by atoms with Gasteiger partial charge in [-0.3, -0.25) is 0 Å². The number of nitrogens with zero attached hydrogens (tertiary/aromatic N) is 2. The minimum absolute atomic E-state index is 0.602. The highest BCUT2D eigenvalue weighted by molar-refractivity contribution is 5.29. The normalized spacial score (nSPS) is 10.8. The van der Waals surface area contributed by atoms with E-state index in [0.717, 1.165) is 30.5 Å². The third-order valence-corrected chi connectivity index (χ3v) is 2.86. The number of ether oxygens (including phenoxy) is 1. The van der Waals surface area contributed by atoms with Gasteiger partial charge in [0, 0.05) is 12.7 Å². The van der Waals surface area contributed by atoms with E-state index in [4.69, 9.17) is 4.74 Å². The number of benzene rings is 1. The second-order valence-electron chi connectivity index (χ2n) is 5.34. The van der Waals surface area contributed by atoms with Gasteiger partial charge in [-0.25, -0.2) is 4.98 Å². The first-order chi connectivity index (χ1) is 9.65. The number of rotatable bonds is 7. The van der Waals surface area contributed by atoms with Crippen LogP contribution in [0.4, 0.5) is 5.95 Å². The summed E-state index contributed by atoms with van der Waals surface area (Å²) in [6.07, 6.45) is 2.08. The number of hydrogen-bond acceptors (Lipinski definition) is 3. The standard InChI is InChI=1S/C16H23N3O/c1-13(2)11-19-12-14(3)18-16(19)17-9-10-20-15-7-5-4-6-8-15/h4-8,12-13H,9-11H2,1-3H3,(H,17,18). The lowest BCUT2D eigenvalue weighted by Crippen LogP contribution is -2.16. The molecule has 0 fully saturated rings. The first-order valence-corrected chi connectivity index (χ1v) is 7.10. The maximum Gasteiger partial charge on any atom is 0.203 e. The van der Waals surface area contributed by atoms with E-state index in [-0.39, 0.29) is 0 Å². The fraction of sp³-hybridized carbons (Fsp3) is 0.438. The molecule has 2 rings (SSSR count). The molecule has 20 heavy (non-hydrogen) atoms. The fourth-order valence-electron chi connectivity index (χ4n) is 2.07. The minimum Gasteiger partial charge on any atom is -0.492 e. The predicted octanol–water partition coefficient (Wildman–Crippen LogP) is 3.34. The Labute approximate surface area is 120 Å². The molecule has 0 aliphatic heterocycles. The van der Waals surface area contributed by atoms with Crippen molar-refractivity contribution in [2.45, 2.75) is 27.3 Å². The van der Waals surface area contributed by atoms with Crippen LogP contribution in [0.15, 0.2) is 36.5 Å². The first kappa shape index (κ1) is 14.4. The van der Waals surface area contributed by atoms with E-state index in [9.17, 15) is 0 Å². The van der Waals surface area contributed by atoms with E-state index in [2.05, 4.69) is 34.9 Å². The zero-order valence-corrected chi connectivity index (χ0v) is 12.5. The van der Waals surface area contributed by atoms with Crippen molar-refractivity contribution in [1.29, 1.82) is 0 Å². The molecule has 0 aliphatic carbocycles. The van der Waals surface area contributed by atoms with Gasteiger partial charge < -0.3 is 14.6 Å². The van der Waals surface area contributed by atoms with E-state index in [1.807, 2.05) is 37.3 Å². The lowest BCUT2D eigenvalue weighted by molar-refractivity contribution is 0.332. The van der Waals surface area contributed by atoms with Crippen LogP contribution in [0.2, 0.25) is 0 Å². The van der Waals surface area contributed by atoms with Crippen molar-refractivity contribution >= 4 is 5.95 Å². The molecule has 1 aromatic heterocycles. The van der Waals surface area contributed by atoms with Crippen LogP contribution in [0, 0.1) is 12.8 Å². The Morgan fingerprint density at radius 3 is 2.70 bits per heavy atom. The van der Waals surface area contributed by atoms with Crippen molar-refractivity contribution in [3.8, 4) is 5.75 Å². The number of imidazole rings is 1. The van der Waals surface area contributed by atoms with Crippen LogP contribution < -0.4 is 10.1 Å². The first-order valence-electron chi connectivity index (χ1n) is 7.10. The molecular weight excluding hydrogens is 250 g/mol. The number of aromatic nitrogens is 2. The molecule has 0 amide bonds. The van der Waals surface area contributed by atoms with E-state index in [0.29, 0.717) is 12.5 Å². The Kier molecular flexibility index (Phi) is 5.04. The van der Waals surface area contributed by atoms with Gasteiger partial charge >= 0.3 is 0 Å². The Bertz CT molecular complexity index is 520. The van der Waals surface area contributed by atoms with Crippen LogP contribution in [0.3, 0.4) is 0 Å². The lowest BCUT2D eigenvalue weighted by Gasteiger charge is -2.12. The van der Waals surface area contributed by atoms with E-state index in [1.165, 1.54) is 0 Å². The average Bonchev–Trinajstić information content (AvgIpc) is 2.75. The highest BCUT2D eigenvalue weighted by Gasteiger charge is 2.06. The summed E-state index contributed by atoms with van der Waals surface area (Å²) < 4.78 is 7.83. The summed E-state index contributed by atoms with van der Waals surface area (Å²) >= 11 is 0. The van der Waals surface area contributed by atoms with Crippen LogP contribution in [-0.4, -0.2) is 22.7 Å². The lowest BCUT2D eigenvalue weighted by atomic mass is 10.2. The minimum atomic E-state index is 0.602. The van der Waals surface area contributed by atoms with Gasteiger partial charge in [0.25, 0.3) is 0 Å². The van der Waals surface area contributed by atoms with Crippen molar-refractivity contribution in [2.75, 3.05) is 18.5 Å². The Balaban J connectivity index is 1.82. The Morgan fingerprint density at radius 2 is 2.00 bits per heavy atom. The molecule has 0 radical (unpaired) electrons. The zero-order valence-electron chi connectivity index (χ0n) is 12.5. The topological polar surface area (TPSA) is 39.1 Å². The van der Waals surface area contributed by atoms with E-state index in [1.54, 1.807) is 0 Å². The van der Waals surface area contributed by atoms with Gasteiger partial charge in [-0.05, 0) is 25.0 Å². The largest absolute Gasteiger partial charge is 0.492 e. The van der Waals surface area contributed by atoms with Crippen molar-refractivity contribution in [3.05, 3.63) is 42.2 Å². The number of aryl methyl sites for hydroxylation is 1. The monoisotopic (exact) mass is 273 g/mol. The molecule has 0 atom stereocenters. The summed E-state index contributed by atoms with van der Waals surface area (Å²) in [4.78, 5) is 4.50. The predicted molar refractivity (Wildman–Crippen MR) is 82.2 cm³/mol. The summed E-state index contributed by atoms with van der Waals surface area (Å²) in [5, 5.41) is 3.34. The molecule has 0 unspecified atom stereocenters. The van der Waals surface area contributed by atoms with Gasteiger partial charge in [0.2, 0.25) is 5.95 Å². The molecule has 1 N–H and O–H groups in total. The third kappa shape index (κ3) is 4.30. The molecule has 1 heterocycles. The van der Waals surface area contributed by atoms with Crippen molar-refractivity contribution in [1.82, 2.24) is 9.55 Å². The molecule has 2 aromatic rings. The van der Waals surface area contributed by atoms with Crippen molar-refractivity contribution in [2.24, 2.45) is 5.92 Å². The van der Waals surface area contributed by atoms with Crippen LogP contribution in [0.1, 0.15) is 19.5 Å². The Morgan fingerprint density at radius 1 is 1.25 bits per heavy atom. The SMILES string of the molecule is Cc1cn(CC(C)C)c(NCCOc2ccccc2)n1. The van der Waals surface area contributed by atoms with Crippen LogP contribution in [0.25, 0.3) is 0 Å². The number of hydrogen-bond donors (Lipinski definition) is 1. The highest BCUT2D eigenvalue weighted by Crippen LogP contribution is 2.12. The molecule has 0 saturated carbocycles. The van der Waals surface area contributed by atoms with Gasteiger partial charge in [0.1, 0.15) is 12.4 Å². The molecule has 4 heteroatoms. The van der Waals surface area contributed by atoms with Gasteiger partial charge in [-0.2, -0.15) is 0 Å². The van der Waals surface area contributed by atoms with Gasteiger partial charge in [0.15, 0.2) is 0 Å². The number of anilines is 1. The van der Waals surface area contributed by atoms with Crippen LogP contribution in [0.5, 0.6) is 5.75 Å². The second-order valence-corrected chi connectivity index (χ2v) is 5.34. The highest BCUT2D eigenvalue weighted by atomic mass is 16.5. The van der Waals surface area contributed by atoms with Gasteiger partial charge in [-0.15, -0.1) is 0 Å². The second kappa shape index (κ2) is 6.98.